The molecule has 1 aliphatic rings. The first-order chi connectivity index (χ1) is 19.9. The van der Waals surface area contributed by atoms with Gasteiger partial charge in [-0.15, -0.1) is 6.42 Å². The minimum atomic E-state index is -0.795. The van der Waals surface area contributed by atoms with Gasteiger partial charge in [0.1, 0.15) is 12.4 Å². The molecule has 41 heavy (non-hydrogen) atoms. The zero-order valence-corrected chi connectivity index (χ0v) is 23.9. The van der Waals surface area contributed by atoms with Gasteiger partial charge in [-0.05, 0) is 54.5 Å². The molecule has 0 saturated heterocycles. The summed E-state index contributed by atoms with van der Waals surface area (Å²) in [6.45, 7) is 3.74. The van der Waals surface area contributed by atoms with Crippen molar-refractivity contribution in [3.05, 3.63) is 96.7 Å². The van der Waals surface area contributed by atoms with Gasteiger partial charge in [-0.1, -0.05) is 53.7 Å². The fourth-order valence-electron chi connectivity index (χ4n) is 4.93. The molecular weight excluding hydrogens is 540 g/mol. The topological polar surface area (TPSA) is 88.3 Å². The molecule has 208 valence electrons. The highest BCUT2D eigenvalue weighted by atomic mass is 32.1. The Bertz CT molecular complexity index is 1910. The summed E-state index contributed by atoms with van der Waals surface area (Å²) in [6, 6.07) is 16.1. The molecule has 9 heteroatoms. The van der Waals surface area contributed by atoms with E-state index in [1.165, 1.54) is 23.0 Å². The van der Waals surface area contributed by atoms with E-state index in [0.717, 1.165) is 16.3 Å². The van der Waals surface area contributed by atoms with Crippen LogP contribution in [-0.2, 0) is 9.53 Å². The molecule has 8 nitrogen and oxygen atoms in total. The summed E-state index contributed by atoms with van der Waals surface area (Å²) in [5.41, 5.74) is 1.82. The highest BCUT2D eigenvalue weighted by Gasteiger charge is 2.34. The van der Waals surface area contributed by atoms with E-state index in [2.05, 4.69) is 10.9 Å². The second-order valence-electron chi connectivity index (χ2n) is 9.11. The summed E-state index contributed by atoms with van der Waals surface area (Å²) in [4.78, 5) is 32.5. The Morgan fingerprint density at radius 2 is 1.85 bits per heavy atom. The van der Waals surface area contributed by atoms with Crippen molar-refractivity contribution in [2.75, 3.05) is 27.4 Å². The van der Waals surface area contributed by atoms with Crippen LogP contribution in [0.25, 0.3) is 16.8 Å². The van der Waals surface area contributed by atoms with Crippen molar-refractivity contribution in [3.63, 3.8) is 0 Å². The summed E-state index contributed by atoms with van der Waals surface area (Å²) in [5, 5.41) is 1.90. The number of nitrogens with zero attached hydrogens (tertiary/aromatic N) is 2. The van der Waals surface area contributed by atoms with E-state index in [0.29, 0.717) is 37.8 Å². The number of hydrogen-bond acceptors (Lipinski definition) is 8. The van der Waals surface area contributed by atoms with Crippen LogP contribution in [0.2, 0.25) is 0 Å². The molecule has 4 aromatic rings. The SMILES string of the molecule is C#CCOc1ccc2ccccc2c1/C=c1\sc2n(c1=O)[C@@H](c1ccc(OC)c(OC)c1)C(C(=O)OCC)=C(C)N=2. The standard InChI is InChI=1S/C32H28N2O6S/c1-6-16-40-24-14-12-20-10-8-9-11-22(20)23(24)18-27-30(35)34-29(21-13-15-25(37-4)26(17-21)38-5)28(31(36)39-7-2)19(3)33-32(34)41-27/h1,8-15,17-18,29H,7,16H2,2-5H3/b27-18-/t29-/m0/s1. The summed E-state index contributed by atoms with van der Waals surface area (Å²) in [5.74, 6) is 3.51. The van der Waals surface area contributed by atoms with Crippen LogP contribution in [0.5, 0.6) is 17.2 Å². The van der Waals surface area contributed by atoms with Gasteiger partial charge >= 0.3 is 5.97 Å². The molecule has 0 bridgehead atoms. The number of fused-ring (bicyclic) bond motifs is 2. The van der Waals surface area contributed by atoms with Gasteiger partial charge in [0, 0.05) is 5.56 Å². The van der Waals surface area contributed by atoms with Gasteiger partial charge in [0.05, 0.1) is 42.7 Å². The van der Waals surface area contributed by atoms with E-state index in [1.807, 2.05) is 36.4 Å². The van der Waals surface area contributed by atoms with Gasteiger partial charge < -0.3 is 18.9 Å². The second kappa shape index (κ2) is 11.7. The van der Waals surface area contributed by atoms with Crippen LogP contribution in [-0.4, -0.2) is 38.0 Å². The van der Waals surface area contributed by atoms with Crippen molar-refractivity contribution in [2.24, 2.45) is 4.99 Å². The molecular formula is C32H28N2O6S. The third-order valence-electron chi connectivity index (χ3n) is 6.76. The average molecular weight is 569 g/mol. The average Bonchev–Trinajstić information content (AvgIpc) is 3.29. The molecule has 1 aromatic heterocycles. The Hall–Kier alpha value is -4.81. The first-order valence-electron chi connectivity index (χ1n) is 12.9. The number of esters is 1. The zero-order chi connectivity index (χ0) is 29.1. The largest absolute Gasteiger partial charge is 0.493 e. The third-order valence-corrected chi connectivity index (χ3v) is 7.74. The van der Waals surface area contributed by atoms with Crippen LogP contribution in [0.3, 0.4) is 0 Å². The van der Waals surface area contributed by atoms with Crippen LogP contribution < -0.4 is 29.1 Å². The number of hydrogen-bond donors (Lipinski definition) is 0. The maximum absolute atomic E-state index is 14.2. The molecule has 1 atom stereocenters. The van der Waals surface area contributed by atoms with Gasteiger partial charge in [0.2, 0.25) is 0 Å². The molecule has 0 unspecified atom stereocenters. The van der Waals surface area contributed by atoms with E-state index in [-0.39, 0.29) is 24.3 Å². The molecule has 0 saturated carbocycles. The predicted molar refractivity (Wildman–Crippen MR) is 158 cm³/mol. The first kappa shape index (κ1) is 27.7. The number of methoxy groups -OCH3 is 2. The number of benzene rings is 3. The number of ether oxygens (including phenoxy) is 4. The summed E-state index contributed by atoms with van der Waals surface area (Å²) < 4.78 is 24.1. The Morgan fingerprint density at radius 1 is 1.10 bits per heavy atom. The number of carbonyl (C=O) groups is 1. The highest BCUT2D eigenvalue weighted by Crippen LogP contribution is 2.36. The molecule has 0 radical (unpaired) electrons. The molecule has 5 rings (SSSR count). The number of aromatic nitrogens is 1. The Labute approximate surface area is 240 Å². The molecule has 1 aliphatic heterocycles. The lowest BCUT2D eigenvalue weighted by Crippen LogP contribution is -2.40. The molecule has 0 amide bonds. The number of terminal acetylenes is 1. The van der Waals surface area contributed by atoms with Crippen molar-refractivity contribution in [3.8, 4) is 29.6 Å². The van der Waals surface area contributed by atoms with Crippen molar-refractivity contribution < 1.29 is 23.7 Å². The zero-order valence-electron chi connectivity index (χ0n) is 23.1. The Balaban J connectivity index is 1.78. The van der Waals surface area contributed by atoms with Crippen molar-refractivity contribution in [1.82, 2.24) is 4.57 Å². The predicted octanol–water partition coefficient (Wildman–Crippen LogP) is 3.98. The molecule has 0 fully saturated rings. The second-order valence-corrected chi connectivity index (χ2v) is 10.1. The van der Waals surface area contributed by atoms with Gasteiger partial charge in [0.15, 0.2) is 16.3 Å². The molecule has 0 aliphatic carbocycles. The lowest BCUT2D eigenvalue weighted by Gasteiger charge is -2.25. The monoisotopic (exact) mass is 568 g/mol. The summed E-state index contributed by atoms with van der Waals surface area (Å²) in [7, 11) is 3.08. The lowest BCUT2D eigenvalue weighted by atomic mass is 9.95. The normalized spacial score (nSPS) is 14.7. The van der Waals surface area contributed by atoms with E-state index >= 15 is 0 Å². The van der Waals surface area contributed by atoms with Crippen molar-refractivity contribution in [1.29, 1.82) is 0 Å². The fourth-order valence-corrected chi connectivity index (χ4v) is 5.96. The Kier molecular flexibility index (Phi) is 7.95. The fraction of sp³-hybridized carbons (Fsp3) is 0.219. The van der Waals surface area contributed by atoms with Crippen molar-refractivity contribution >= 4 is 34.2 Å². The van der Waals surface area contributed by atoms with Crippen LogP contribution in [0.1, 0.15) is 31.0 Å². The van der Waals surface area contributed by atoms with Crippen LogP contribution >= 0.6 is 11.3 Å². The number of thiazole rings is 1. The van der Waals surface area contributed by atoms with Crippen molar-refractivity contribution in [2.45, 2.75) is 19.9 Å². The maximum atomic E-state index is 14.2. The molecule has 0 N–H and O–H groups in total. The molecule has 0 spiro atoms. The third kappa shape index (κ3) is 5.10. The van der Waals surface area contributed by atoms with E-state index in [4.69, 9.17) is 25.4 Å². The van der Waals surface area contributed by atoms with Gasteiger partial charge in [-0.3, -0.25) is 9.36 Å². The number of rotatable bonds is 8. The minimum absolute atomic E-state index is 0.0851. The van der Waals surface area contributed by atoms with Gasteiger partial charge in [-0.2, -0.15) is 0 Å². The Morgan fingerprint density at radius 3 is 2.59 bits per heavy atom. The van der Waals surface area contributed by atoms with E-state index in [9.17, 15) is 9.59 Å². The lowest BCUT2D eigenvalue weighted by molar-refractivity contribution is -0.139. The number of allylic oxidation sites excluding steroid dienone is 1. The maximum Gasteiger partial charge on any atom is 0.338 e. The highest BCUT2D eigenvalue weighted by molar-refractivity contribution is 7.07. The number of carbonyl (C=O) groups excluding carboxylic acids is 1. The van der Waals surface area contributed by atoms with Gasteiger partial charge in [-0.25, -0.2) is 9.79 Å². The molecule has 3 aromatic carbocycles. The van der Waals surface area contributed by atoms with E-state index < -0.39 is 12.0 Å². The quantitative estimate of drug-likeness (QED) is 0.236. The summed E-state index contributed by atoms with van der Waals surface area (Å²) in [6.07, 6.45) is 7.25. The van der Waals surface area contributed by atoms with Gasteiger partial charge in [0.25, 0.3) is 5.56 Å². The van der Waals surface area contributed by atoms with Crippen LogP contribution in [0, 0.1) is 12.3 Å². The molecule has 2 heterocycles. The minimum Gasteiger partial charge on any atom is -0.493 e. The van der Waals surface area contributed by atoms with Crippen LogP contribution in [0.15, 0.2) is 75.7 Å². The van der Waals surface area contributed by atoms with Crippen LogP contribution in [0.4, 0.5) is 0 Å². The smallest absolute Gasteiger partial charge is 0.338 e. The summed E-state index contributed by atoms with van der Waals surface area (Å²) >= 11 is 1.23. The first-order valence-corrected chi connectivity index (χ1v) is 13.7. The van der Waals surface area contributed by atoms with E-state index in [1.54, 1.807) is 45.2 Å².